The van der Waals surface area contributed by atoms with Crippen LogP contribution in [-0.2, 0) is 4.79 Å². The van der Waals surface area contributed by atoms with E-state index in [9.17, 15) is 14.0 Å². The molecule has 1 aromatic heterocycles. The summed E-state index contributed by atoms with van der Waals surface area (Å²) in [6, 6.07) is 17.4. The van der Waals surface area contributed by atoms with Gasteiger partial charge in [-0.2, -0.15) is 0 Å². The summed E-state index contributed by atoms with van der Waals surface area (Å²) in [5, 5.41) is 8.45. The molecule has 7 heteroatoms. The molecular weight excluding hydrogens is 443 g/mol. The van der Waals surface area contributed by atoms with Gasteiger partial charge in [0.15, 0.2) is 0 Å². The van der Waals surface area contributed by atoms with E-state index in [0.29, 0.717) is 5.69 Å². The molecule has 2 aromatic carbocycles. The van der Waals surface area contributed by atoms with Crippen molar-refractivity contribution in [3.05, 3.63) is 66.5 Å². The second kappa shape index (κ2) is 10.3. The summed E-state index contributed by atoms with van der Waals surface area (Å²) in [5.41, 5.74) is 4.70. The molecule has 1 aliphatic rings. The van der Waals surface area contributed by atoms with Crippen LogP contribution in [0.4, 0.5) is 20.6 Å². The molecule has 182 valence electrons. The molecule has 0 saturated heterocycles. The summed E-state index contributed by atoms with van der Waals surface area (Å²) in [7, 11) is 0. The number of amides is 3. The molecule has 0 unspecified atom stereocenters. The number of halogens is 1. The Morgan fingerprint density at radius 3 is 2.37 bits per heavy atom. The maximum absolute atomic E-state index is 13.6. The fourth-order valence-corrected chi connectivity index (χ4v) is 3.77. The van der Waals surface area contributed by atoms with Crippen LogP contribution >= 0.6 is 0 Å². The SMILES string of the molecule is Cc1ncc(NC(=O)NCCC(C)(C)F)cc1-c1cccc(-c2cccc(NC(=O)C3CC3)c2)c1. The van der Waals surface area contributed by atoms with Crippen LogP contribution in [0.2, 0.25) is 0 Å². The molecule has 0 bridgehead atoms. The molecule has 0 radical (unpaired) electrons. The lowest BCUT2D eigenvalue weighted by molar-refractivity contribution is -0.117. The molecular formula is C28H31FN4O2. The third-order valence-corrected chi connectivity index (χ3v) is 5.93. The van der Waals surface area contributed by atoms with Gasteiger partial charge in [0, 0.05) is 29.4 Å². The minimum atomic E-state index is -1.33. The van der Waals surface area contributed by atoms with E-state index in [1.807, 2.05) is 55.5 Å². The number of benzene rings is 2. The fourth-order valence-electron chi connectivity index (χ4n) is 3.77. The maximum Gasteiger partial charge on any atom is 0.319 e. The van der Waals surface area contributed by atoms with Crippen LogP contribution in [0.5, 0.6) is 0 Å². The number of hydrogen-bond donors (Lipinski definition) is 3. The Morgan fingerprint density at radius 2 is 1.66 bits per heavy atom. The molecule has 0 spiro atoms. The normalized spacial score (nSPS) is 13.3. The topological polar surface area (TPSA) is 83.1 Å². The van der Waals surface area contributed by atoms with Crippen LogP contribution in [-0.4, -0.2) is 29.1 Å². The summed E-state index contributed by atoms with van der Waals surface area (Å²) >= 11 is 0. The zero-order valence-corrected chi connectivity index (χ0v) is 20.3. The minimum absolute atomic E-state index is 0.0827. The lowest BCUT2D eigenvalue weighted by Crippen LogP contribution is -2.32. The first-order valence-electron chi connectivity index (χ1n) is 11.9. The number of rotatable bonds is 8. The number of urea groups is 1. The van der Waals surface area contributed by atoms with Crippen molar-refractivity contribution in [1.29, 1.82) is 0 Å². The molecule has 1 heterocycles. The number of alkyl halides is 1. The summed E-state index contributed by atoms with van der Waals surface area (Å²) < 4.78 is 13.6. The van der Waals surface area contributed by atoms with Crippen LogP contribution in [0, 0.1) is 12.8 Å². The highest BCUT2D eigenvalue weighted by molar-refractivity contribution is 5.94. The first-order chi connectivity index (χ1) is 16.7. The van der Waals surface area contributed by atoms with Crippen molar-refractivity contribution in [2.45, 2.75) is 45.7 Å². The van der Waals surface area contributed by atoms with Gasteiger partial charge in [-0.05, 0) is 81.0 Å². The molecule has 3 aromatic rings. The van der Waals surface area contributed by atoms with Crippen molar-refractivity contribution in [3.8, 4) is 22.3 Å². The number of anilines is 2. The predicted molar refractivity (Wildman–Crippen MR) is 138 cm³/mol. The summed E-state index contributed by atoms with van der Waals surface area (Å²) in [5.74, 6) is 0.232. The standard InChI is InChI=1S/C28H31FN4O2/c1-18-25(16-24(17-31-18)33-27(35)30-13-12-28(2,3)29)22-8-4-6-20(14-22)21-7-5-9-23(15-21)32-26(34)19-10-11-19/h4-9,14-17,19H,10-13H2,1-3H3,(H,32,34)(H2,30,33,35). The fraction of sp³-hybridized carbons (Fsp3) is 0.321. The average molecular weight is 475 g/mol. The number of hydrogen-bond acceptors (Lipinski definition) is 3. The first-order valence-corrected chi connectivity index (χ1v) is 11.9. The van der Waals surface area contributed by atoms with Crippen molar-refractivity contribution >= 4 is 23.3 Å². The van der Waals surface area contributed by atoms with Crippen LogP contribution < -0.4 is 16.0 Å². The second-order valence-corrected chi connectivity index (χ2v) is 9.63. The molecule has 3 amide bonds. The van der Waals surface area contributed by atoms with E-state index in [4.69, 9.17) is 0 Å². The van der Waals surface area contributed by atoms with Crippen molar-refractivity contribution in [1.82, 2.24) is 10.3 Å². The predicted octanol–water partition coefficient (Wildman–Crippen LogP) is 6.33. The van der Waals surface area contributed by atoms with Gasteiger partial charge in [0.2, 0.25) is 5.91 Å². The molecule has 6 nitrogen and oxygen atoms in total. The van der Waals surface area contributed by atoms with E-state index in [1.54, 1.807) is 6.20 Å². The number of aromatic nitrogens is 1. The monoisotopic (exact) mass is 474 g/mol. The van der Waals surface area contributed by atoms with Crippen molar-refractivity contribution in [2.75, 3.05) is 17.2 Å². The Bertz CT molecular complexity index is 1230. The number of carbonyl (C=O) groups is 2. The van der Waals surface area contributed by atoms with E-state index < -0.39 is 11.7 Å². The maximum atomic E-state index is 13.6. The number of carbonyl (C=O) groups excluding carboxylic acids is 2. The number of nitrogens with one attached hydrogen (secondary N) is 3. The zero-order valence-electron chi connectivity index (χ0n) is 20.3. The summed E-state index contributed by atoms with van der Waals surface area (Å²) in [6.07, 6.45) is 3.77. The van der Waals surface area contributed by atoms with Crippen LogP contribution in [0.1, 0.15) is 38.8 Å². The third-order valence-electron chi connectivity index (χ3n) is 5.93. The van der Waals surface area contributed by atoms with E-state index in [-0.39, 0.29) is 24.8 Å². The minimum Gasteiger partial charge on any atom is -0.338 e. The quantitative estimate of drug-likeness (QED) is 0.357. The van der Waals surface area contributed by atoms with Gasteiger partial charge in [-0.15, -0.1) is 0 Å². The molecule has 35 heavy (non-hydrogen) atoms. The highest BCUT2D eigenvalue weighted by atomic mass is 19.1. The number of pyridine rings is 1. The van der Waals surface area contributed by atoms with Gasteiger partial charge in [0.05, 0.1) is 11.9 Å². The van der Waals surface area contributed by atoms with Crippen molar-refractivity contribution in [3.63, 3.8) is 0 Å². The van der Waals surface area contributed by atoms with Gasteiger partial charge < -0.3 is 16.0 Å². The lowest BCUT2D eigenvalue weighted by Gasteiger charge is -2.15. The zero-order chi connectivity index (χ0) is 25.0. The number of aryl methyl sites for hydroxylation is 1. The van der Waals surface area contributed by atoms with Crippen molar-refractivity contribution < 1.29 is 14.0 Å². The van der Waals surface area contributed by atoms with Gasteiger partial charge >= 0.3 is 6.03 Å². The van der Waals surface area contributed by atoms with Crippen LogP contribution in [0.3, 0.4) is 0 Å². The molecule has 1 aliphatic carbocycles. The molecule has 4 rings (SSSR count). The molecule has 3 N–H and O–H groups in total. The van der Waals surface area contributed by atoms with Gasteiger partial charge in [-0.1, -0.05) is 30.3 Å². The first kappa shape index (κ1) is 24.4. The highest BCUT2D eigenvalue weighted by Crippen LogP contribution is 2.32. The number of nitrogens with zero attached hydrogens (tertiary/aromatic N) is 1. The lowest BCUT2D eigenvalue weighted by atomic mass is 9.98. The largest absolute Gasteiger partial charge is 0.338 e. The molecule has 0 aliphatic heterocycles. The smallest absolute Gasteiger partial charge is 0.319 e. The van der Waals surface area contributed by atoms with Crippen LogP contribution in [0.25, 0.3) is 22.3 Å². The Morgan fingerprint density at radius 1 is 0.971 bits per heavy atom. The van der Waals surface area contributed by atoms with Gasteiger partial charge in [-0.25, -0.2) is 9.18 Å². The summed E-state index contributed by atoms with van der Waals surface area (Å²) in [4.78, 5) is 28.8. The Labute approximate surface area is 205 Å². The molecule has 1 fully saturated rings. The Kier molecular flexibility index (Phi) is 7.15. The Balaban J connectivity index is 1.50. The average Bonchev–Trinajstić information content (AvgIpc) is 3.65. The van der Waals surface area contributed by atoms with Gasteiger partial charge in [0.1, 0.15) is 5.67 Å². The van der Waals surface area contributed by atoms with E-state index in [2.05, 4.69) is 27.0 Å². The van der Waals surface area contributed by atoms with Crippen molar-refractivity contribution in [2.24, 2.45) is 5.92 Å². The van der Waals surface area contributed by atoms with Crippen LogP contribution in [0.15, 0.2) is 60.8 Å². The second-order valence-electron chi connectivity index (χ2n) is 9.63. The molecule has 0 atom stereocenters. The van der Waals surface area contributed by atoms with Gasteiger partial charge in [-0.3, -0.25) is 9.78 Å². The highest BCUT2D eigenvalue weighted by Gasteiger charge is 2.29. The van der Waals surface area contributed by atoms with Gasteiger partial charge in [0.25, 0.3) is 0 Å². The van der Waals surface area contributed by atoms with E-state index in [1.165, 1.54) is 13.8 Å². The van der Waals surface area contributed by atoms with E-state index in [0.717, 1.165) is 46.5 Å². The Hall–Kier alpha value is -3.74. The van der Waals surface area contributed by atoms with E-state index >= 15 is 0 Å². The summed E-state index contributed by atoms with van der Waals surface area (Å²) in [6.45, 7) is 5.13. The molecule has 1 saturated carbocycles. The third kappa shape index (κ3) is 6.88.